The second-order valence-corrected chi connectivity index (χ2v) is 6.24. The molecule has 0 fully saturated rings. The van der Waals surface area contributed by atoms with Crippen molar-refractivity contribution in [3.8, 4) is 0 Å². The molecular formula is C16H15ClN4OS. The molecule has 3 aromatic rings. The smallest absolute Gasteiger partial charge is 0.246 e. The molecule has 3 aromatic heterocycles. The van der Waals surface area contributed by atoms with Crippen LogP contribution in [0.4, 0.5) is 0 Å². The molecule has 0 bridgehead atoms. The van der Waals surface area contributed by atoms with Gasteiger partial charge in [0.05, 0.1) is 5.69 Å². The molecule has 0 aromatic carbocycles. The fourth-order valence-electron chi connectivity index (χ4n) is 2.14. The molecule has 1 amide bonds. The maximum Gasteiger partial charge on any atom is 0.246 e. The van der Waals surface area contributed by atoms with Crippen LogP contribution in [0, 0.1) is 0 Å². The van der Waals surface area contributed by atoms with Gasteiger partial charge in [0.25, 0.3) is 0 Å². The van der Waals surface area contributed by atoms with Crippen molar-refractivity contribution in [2.45, 2.75) is 6.42 Å². The van der Waals surface area contributed by atoms with E-state index < -0.39 is 0 Å². The Hall–Kier alpha value is -2.18. The lowest BCUT2D eigenvalue weighted by Crippen LogP contribution is -2.27. The maximum atomic E-state index is 12.2. The van der Waals surface area contributed by atoms with Crippen molar-refractivity contribution in [3.63, 3.8) is 0 Å². The standard InChI is InChI=1S/C16H15ClN4OS/c1-20(9-7-12-4-2-3-8-18-12)14(22)6-5-13-15(17)19-16-21(13)10-11-23-16/h2-6,8,10-11H,7,9H2,1H3/b6-5+. The summed E-state index contributed by atoms with van der Waals surface area (Å²) in [6, 6.07) is 5.77. The van der Waals surface area contributed by atoms with Gasteiger partial charge >= 0.3 is 0 Å². The summed E-state index contributed by atoms with van der Waals surface area (Å²) in [5.41, 5.74) is 1.68. The number of carbonyl (C=O) groups is 1. The van der Waals surface area contributed by atoms with Gasteiger partial charge in [-0.2, -0.15) is 0 Å². The summed E-state index contributed by atoms with van der Waals surface area (Å²) in [6.45, 7) is 0.605. The van der Waals surface area contributed by atoms with E-state index in [1.807, 2.05) is 34.2 Å². The molecule has 0 spiro atoms. The van der Waals surface area contributed by atoms with Gasteiger partial charge in [0.15, 0.2) is 10.1 Å². The summed E-state index contributed by atoms with van der Waals surface area (Å²) in [7, 11) is 1.77. The summed E-state index contributed by atoms with van der Waals surface area (Å²) in [6.07, 6.45) is 7.58. The minimum absolute atomic E-state index is 0.0813. The highest BCUT2D eigenvalue weighted by atomic mass is 35.5. The molecule has 7 heteroatoms. The van der Waals surface area contributed by atoms with Crippen LogP contribution in [-0.2, 0) is 11.2 Å². The Morgan fingerprint density at radius 1 is 1.48 bits per heavy atom. The van der Waals surface area contributed by atoms with Crippen molar-refractivity contribution in [2.24, 2.45) is 0 Å². The zero-order chi connectivity index (χ0) is 16.2. The molecule has 118 valence electrons. The van der Waals surface area contributed by atoms with Crippen LogP contribution in [0.1, 0.15) is 11.4 Å². The molecule has 5 nitrogen and oxygen atoms in total. The number of halogens is 1. The topological polar surface area (TPSA) is 50.5 Å². The van der Waals surface area contributed by atoms with Crippen molar-refractivity contribution < 1.29 is 4.79 Å². The third-order valence-corrected chi connectivity index (χ3v) is 4.48. The van der Waals surface area contributed by atoms with Crippen molar-refractivity contribution in [2.75, 3.05) is 13.6 Å². The van der Waals surface area contributed by atoms with Crippen molar-refractivity contribution in [1.82, 2.24) is 19.3 Å². The number of amides is 1. The summed E-state index contributed by atoms with van der Waals surface area (Å²) in [5, 5.41) is 2.33. The number of likely N-dealkylation sites (N-methyl/N-ethyl adjacent to an activating group) is 1. The molecule has 0 saturated carbocycles. The van der Waals surface area contributed by atoms with E-state index >= 15 is 0 Å². The Morgan fingerprint density at radius 2 is 2.35 bits per heavy atom. The average molecular weight is 347 g/mol. The fourth-order valence-corrected chi connectivity index (χ4v) is 3.15. The lowest BCUT2D eigenvalue weighted by molar-refractivity contribution is -0.124. The Labute approximate surface area is 142 Å². The first kappa shape index (κ1) is 15.7. The van der Waals surface area contributed by atoms with Crippen LogP contribution in [0.15, 0.2) is 42.0 Å². The number of aromatic nitrogens is 3. The Morgan fingerprint density at radius 3 is 3.13 bits per heavy atom. The van der Waals surface area contributed by atoms with E-state index in [4.69, 9.17) is 11.6 Å². The van der Waals surface area contributed by atoms with Gasteiger partial charge < -0.3 is 4.90 Å². The van der Waals surface area contributed by atoms with Gasteiger partial charge in [0, 0.05) is 49.6 Å². The van der Waals surface area contributed by atoms with Gasteiger partial charge in [0.2, 0.25) is 5.91 Å². The molecule has 0 aliphatic heterocycles. The van der Waals surface area contributed by atoms with E-state index in [1.165, 1.54) is 17.4 Å². The Kier molecular flexibility index (Phi) is 4.73. The average Bonchev–Trinajstić information content (AvgIpc) is 3.12. The van der Waals surface area contributed by atoms with Crippen LogP contribution in [0.25, 0.3) is 11.0 Å². The van der Waals surface area contributed by atoms with Gasteiger partial charge in [-0.25, -0.2) is 4.98 Å². The van der Waals surface area contributed by atoms with Gasteiger partial charge in [-0.1, -0.05) is 17.7 Å². The number of pyridine rings is 1. The molecule has 0 N–H and O–H groups in total. The molecular weight excluding hydrogens is 332 g/mol. The van der Waals surface area contributed by atoms with Crippen LogP contribution in [0.2, 0.25) is 5.15 Å². The largest absolute Gasteiger partial charge is 0.342 e. The van der Waals surface area contributed by atoms with Gasteiger partial charge in [-0.15, -0.1) is 11.3 Å². The van der Waals surface area contributed by atoms with Crippen LogP contribution in [0.3, 0.4) is 0 Å². The third kappa shape index (κ3) is 3.60. The molecule has 3 heterocycles. The van der Waals surface area contributed by atoms with Crippen molar-refractivity contribution >= 4 is 39.9 Å². The monoisotopic (exact) mass is 346 g/mol. The number of hydrogen-bond donors (Lipinski definition) is 0. The highest BCUT2D eigenvalue weighted by Crippen LogP contribution is 2.22. The van der Waals surface area contributed by atoms with E-state index in [0.29, 0.717) is 11.7 Å². The second-order valence-electron chi connectivity index (χ2n) is 5.01. The first-order valence-electron chi connectivity index (χ1n) is 7.09. The lowest BCUT2D eigenvalue weighted by atomic mass is 10.2. The SMILES string of the molecule is CN(CCc1ccccn1)C(=O)/C=C/c1c(Cl)nc2sccn12. The minimum atomic E-state index is -0.0813. The zero-order valence-electron chi connectivity index (χ0n) is 12.5. The first-order valence-corrected chi connectivity index (χ1v) is 8.35. The van der Waals surface area contributed by atoms with Crippen LogP contribution in [0.5, 0.6) is 0 Å². The summed E-state index contributed by atoms with van der Waals surface area (Å²) in [4.78, 5) is 23.1. The molecule has 0 saturated heterocycles. The van der Waals surface area contributed by atoms with Crippen LogP contribution in [-0.4, -0.2) is 38.8 Å². The van der Waals surface area contributed by atoms with E-state index in [1.54, 1.807) is 24.2 Å². The quantitative estimate of drug-likeness (QED) is 0.667. The summed E-state index contributed by atoms with van der Waals surface area (Å²) < 4.78 is 1.87. The Bertz CT molecular complexity index is 840. The molecule has 3 rings (SSSR count). The summed E-state index contributed by atoms with van der Waals surface area (Å²) in [5.74, 6) is -0.0813. The molecule has 0 unspecified atom stereocenters. The number of hydrogen-bond acceptors (Lipinski definition) is 4. The normalized spacial score (nSPS) is 11.4. The molecule has 0 aliphatic carbocycles. The predicted octanol–water partition coefficient (Wildman–Crippen LogP) is 3.16. The molecule has 23 heavy (non-hydrogen) atoms. The highest BCUT2D eigenvalue weighted by molar-refractivity contribution is 7.15. The predicted molar refractivity (Wildman–Crippen MR) is 92.7 cm³/mol. The van der Waals surface area contributed by atoms with Crippen LogP contribution >= 0.6 is 22.9 Å². The number of rotatable bonds is 5. The van der Waals surface area contributed by atoms with E-state index in [0.717, 1.165) is 22.8 Å². The van der Waals surface area contributed by atoms with Crippen molar-refractivity contribution in [3.05, 3.63) is 58.6 Å². The van der Waals surface area contributed by atoms with Crippen LogP contribution < -0.4 is 0 Å². The highest BCUT2D eigenvalue weighted by Gasteiger charge is 2.10. The zero-order valence-corrected chi connectivity index (χ0v) is 14.1. The van der Waals surface area contributed by atoms with E-state index in [9.17, 15) is 4.79 Å². The van der Waals surface area contributed by atoms with Gasteiger partial charge in [-0.05, 0) is 18.2 Å². The number of thiazole rings is 1. The lowest BCUT2D eigenvalue weighted by Gasteiger charge is -2.14. The minimum Gasteiger partial charge on any atom is -0.342 e. The number of carbonyl (C=O) groups excluding carboxylic acids is 1. The molecule has 0 atom stereocenters. The molecule has 0 aliphatic rings. The summed E-state index contributed by atoms with van der Waals surface area (Å²) >= 11 is 7.60. The van der Waals surface area contributed by atoms with Gasteiger partial charge in [0.1, 0.15) is 0 Å². The number of fused-ring (bicyclic) bond motifs is 1. The van der Waals surface area contributed by atoms with E-state index in [2.05, 4.69) is 9.97 Å². The van der Waals surface area contributed by atoms with E-state index in [-0.39, 0.29) is 5.91 Å². The number of nitrogens with zero attached hydrogens (tertiary/aromatic N) is 4. The molecule has 0 radical (unpaired) electrons. The first-order chi connectivity index (χ1) is 11.1. The second kappa shape index (κ2) is 6.93. The fraction of sp³-hybridized carbons (Fsp3) is 0.188. The number of imidazole rings is 1. The Balaban J connectivity index is 1.64. The maximum absolute atomic E-state index is 12.2. The van der Waals surface area contributed by atoms with Gasteiger partial charge in [-0.3, -0.25) is 14.2 Å². The van der Waals surface area contributed by atoms with Crippen molar-refractivity contribution in [1.29, 1.82) is 0 Å². The third-order valence-electron chi connectivity index (χ3n) is 3.44.